The zero-order valence-electron chi connectivity index (χ0n) is 20.0. The SMILES string of the molecule is COc1ccc(N=C2[C@H](N3CCN(C)CC3)C3(CCCCC3)C(=O)N2c2ccc(Cl)cc2)cc1. The maximum atomic E-state index is 14.3. The second-order valence-electron chi connectivity index (χ2n) is 9.74. The van der Waals surface area contributed by atoms with Crippen LogP contribution in [0, 0.1) is 5.41 Å². The summed E-state index contributed by atoms with van der Waals surface area (Å²) in [5.41, 5.74) is 1.23. The van der Waals surface area contributed by atoms with Crippen LogP contribution in [0.4, 0.5) is 11.4 Å². The summed E-state index contributed by atoms with van der Waals surface area (Å²) in [6.45, 7) is 3.87. The fraction of sp³-hybridized carbons (Fsp3) is 0.481. The molecule has 1 saturated carbocycles. The van der Waals surface area contributed by atoms with E-state index < -0.39 is 5.41 Å². The summed E-state index contributed by atoms with van der Waals surface area (Å²) in [5.74, 6) is 1.81. The Bertz CT molecular complexity index is 1040. The molecule has 5 rings (SSSR count). The number of carbonyl (C=O) groups is 1. The molecule has 2 saturated heterocycles. The van der Waals surface area contributed by atoms with Crippen molar-refractivity contribution in [2.24, 2.45) is 10.4 Å². The molecule has 3 fully saturated rings. The van der Waals surface area contributed by atoms with E-state index in [2.05, 4.69) is 16.8 Å². The molecule has 1 amide bonds. The number of amides is 1. The highest BCUT2D eigenvalue weighted by molar-refractivity contribution is 6.31. The van der Waals surface area contributed by atoms with Crippen LogP contribution in [0.15, 0.2) is 53.5 Å². The number of rotatable bonds is 4. The average Bonchev–Trinajstić information content (AvgIpc) is 3.08. The van der Waals surface area contributed by atoms with Gasteiger partial charge >= 0.3 is 0 Å². The molecule has 0 aromatic heterocycles. The number of likely N-dealkylation sites (N-methyl/N-ethyl adjacent to an activating group) is 1. The summed E-state index contributed by atoms with van der Waals surface area (Å²) in [6.07, 6.45) is 5.18. The first-order valence-electron chi connectivity index (χ1n) is 12.3. The zero-order chi connectivity index (χ0) is 23.7. The second-order valence-corrected chi connectivity index (χ2v) is 10.2. The number of amidine groups is 1. The molecule has 0 N–H and O–H groups in total. The van der Waals surface area contributed by atoms with Crippen molar-refractivity contribution in [2.45, 2.75) is 38.1 Å². The molecule has 34 heavy (non-hydrogen) atoms. The smallest absolute Gasteiger partial charge is 0.240 e. The Morgan fingerprint density at radius 2 is 1.59 bits per heavy atom. The maximum absolute atomic E-state index is 14.3. The zero-order valence-corrected chi connectivity index (χ0v) is 20.8. The predicted molar refractivity (Wildman–Crippen MR) is 137 cm³/mol. The van der Waals surface area contributed by atoms with E-state index in [9.17, 15) is 4.79 Å². The van der Waals surface area contributed by atoms with Crippen molar-refractivity contribution in [3.05, 3.63) is 53.6 Å². The van der Waals surface area contributed by atoms with Crippen molar-refractivity contribution in [3.8, 4) is 5.75 Å². The quantitative estimate of drug-likeness (QED) is 0.618. The standard InChI is InChI=1S/C27H33ClN4O2/c1-30-16-18-31(19-17-30)24-25(29-21-8-12-23(34-2)13-9-21)32(22-10-6-20(28)7-11-22)26(33)27(24)14-4-3-5-15-27/h6-13,24H,3-5,14-19H2,1-2H3/t24-/m0/s1. The molecule has 2 heterocycles. The lowest BCUT2D eigenvalue weighted by Gasteiger charge is -2.44. The monoisotopic (exact) mass is 480 g/mol. The largest absolute Gasteiger partial charge is 0.497 e. The molecule has 180 valence electrons. The summed E-state index contributed by atoms with van der Waals surface area (Å²) >= 11 is 6.20. The van der Waals surface area contributed by atoms with E-state index in [-0.39, 0.29) is 11.9 Å². The minimum atomic E-state index is -0.431. The van der Waals surface area contributed by atoms with Crippen LogP contribution in [-0.2, 0) is 4.79 Å². The molecule has 2 aliphatic heterocycles. The summed E-state index contributed by atoms with van der Waals surface area (Å²) in [7, 11) is 3.83. The number of hydrogen-bond acceptors (Lipinski definition) is 5. The van der Waals surface area contributed by atoms with Gasteiger partial charge in [-0.1, -0.05) is 30.9 Å². The third-order valence-electron chi connectivity index (χ3n) is 7.68. The van der Waals surface area contributed by atoms with E-state index in [1.165, 1.54) is 6.42 Å². The molecule has 2 aromatic rings. The number of carbonyl (C=O) groups excluding carboxylic acids is 1. The lowest BCUT2D eigenvalue weighted by atomic mass is 9.69. The van der Waals surface area contributed by atoms with Gasteiger partial charge < -0.3 is 9.64 Å². The molecule has 0 radical (unpaired) electrons. The van der Waals surface area contributed by atoms with E-state index >= 15 is 0 Å². The van der Waals surface area contributed by atoms with Crippen LogP contribution in [0.2, 0.25) is 5.02 Å². The topological polar surface area (TPSA) is 48.4 Å². The number of ether oxygens (including phenoxy) is 1. The molecule has 0 bridgehead atoms. The number of aliphatic imine (C=N–C) groups is 1. The second kappa shape index (κ2) is 9.68. The Kier molecular flexibility index (Phi) is 6.65. The number of benzene rings is 2. The molecular weight excluding hydrogens is 448 g/mol. The fourth-order valence-electron chi connectivity index (χ4n) is 5.82. The highest BCUT2D eigenvalue weighted by Crippen LogP contribution is 2.49. The van der Waals surface area contributed by atoms with Crippen LogP contribution < -0.4 is 9.64 Å². The normalized spacial score (nSPS) is 24.8. The van der Waals surface area contributed by atoms with Crippen LogP contribution in [0.1, 0.15) is 32.1 Å². The summed E-state index contributed by atoms with van der Waals surface area (Å²) in [6, 6.07) is 15.3. The van der Waals surface area contributed by atoms with E-state index in [0.717, 1.165) is 74.8 Å². The van der Waals surface area contributed by atoms with Crippen LogP contribution in [0.5, 0.6) is 5.75 Å². The van der Waals surface area contributed by atoms with Gasteiger partial charge in [-0.15, -0.1) is 0 Å². The van der Waals surface area contributed by atoms with E-state index in [1.54, 1.807) is 7.11 Å². The van der Waals surface area contributed by atoms with Gasteiger partial charge in [-0.2, -0.15) is 0 Å². The summed E-state index contributed by atoms with van der Waals surface area (Å²) in [5, 5.41) is 0.659. The number of halogens is 1. The van der Waals surface area contributed by atoms with Crippen molar-refractivity contribution >= 4 is 34.7 Å². The first-order valence-corrected chi connectivity index (χ1v) is 12.6. The Hall–Kier alpha value is -2.41. The molecule has 1 spiro atoms. The molecule has 0 unspecified atom stereocenters. The van der Waals surface area contributed by atoms with Crippen molar-refractivity contribution in [2.75, 3.05) is 45.2 Å². The first-order chi connectivity index (χ1) is 16.5. The molecule has 1 aliphatic carbocycles. The van der Waals surface area contributed by atoms with Gasteiger partial charge in [0.25, 0.3) is 0 Å². The summed E-state index contributed by atoms with van der Waals surface area (Å²) < 4.78 is 5.34. The molecule has 6 nitrogen and oxygen atoms in total. The van der Waals surface area contributed by atoms with E-state index in [4.69, 9.17) is 21.3 Å². The number of nitrogens with zero attached hydrogens (tertiary/aromatic N) is 4. The fourth-order valence-corrected chi connectivity index (χ4v) is 5.94. The minimum Gasteiger partial charge on any atom is -0.497 e. The van der Waals surface area contributed by atoms with Gasteiger partial charge in [0.2, 0.25) is 5.91 Å². The van der Waals surface area contributed by atoms with E-state index in [0.29, 0.717) is 5.02 Å². The molecule has 3 aliphatic rings. The average molecular weight is 481 g/mol. The van der Waals surface area contributed by atoms with Crippen molar-refractivity contribution in [1.29, 1.82) is 0 Å². The highest BCUT2D eigenvalue weighted by Gasteiger charge is 2.60. The first kappa shape index (κ1) is 23.3. The molecule has 2 aromatic carbocycles. The molecule has 7 heteroatoms. The third-order valence-corrected chi connectivity index (χ3v) is 7.93. The number of anilines is 1. The van der Waals surface area contributed by atoms with E-state index in [1.807, 2.05) is 53.4 Å². The lowest BCUT2D eigenvalue weighted by molar-refractivity contribution is -0.130. The van der Waals surface area contributed by atoms with Gasteiger partial charge in [0, 0.05) is 31.2 Å². The third kappa shape index (κ3) is 4.23. The van der Waals surface area contributed by atoms with Crippen LogP contribution >= 0.6 is 11.6 Å². The van der Waals surface area contributed by atoms with Gasteiger partial charge in [-0.05, 0) is 68.4 Å². The number of methoxy groups -OCH3 is 1. The Balaban J connectivity index is 1.65. The number of piperazine rings is 1. The van der Waals surface area contributed by atoms with Gasteiger partial charge in [-0.25, -0.2) is 4.99 Å². The molecular formula is C27H33ClN4O2. The van der Waals surface area contributed by atoms with Gasteiger partial charge in [0.15, 0.2) is 0 Å². The van der Waals surface area contributed by atoms with Gasteiger partial charge in [0.05, 0.1) is 29.9 Å². The minimum absolute atomic E-state index is 0.0354. The van der Waals surface area contributed by atoms with Gasteiger partial charge in [-0.3, -0.25) is 14.6 Å². The van der Waals surface area contributed by atoms with Crippen molar-refractivity contribution in [3.63, 3.8) is 0 Å². The summed E-state index contributed by atoms with van der Waals surface area (Å²) in [4.78, 5) is 26.3. The lowest BCUT2D eigenvalue weighted by Crippen LogP contribution is -2.57. The number of hydrogen-bond donors (Lipinski definition) is 0. The maximum Gasteiger partial charge on any atom is 0.240 e. The van der Waals surface area contributed by atoms with Crippen LogP contribution in [0.3, 0.4) is 0 Å². The predicted octanol–water partition coefficient (Wildman–Crippen LogP) is 4.99. The Labute approximate surface area is 207 Å². The Morgan fingerprint density at radius 3 is 2.21 bits per heavy atom. The van der Waals surface area contributed by atoms with Crippen molar-refractivity contribution in [1.82, 2.24) is 9.80 Å². The van der Waals surface area contributed by atoms with Gasteiger partial charge in [0.1, 0.15) is 11.6 Å². The Morgan fingerprint density at radius 1 is 0.941 bits per heavy atom. The molecule has 1 atom stereocenters. The van der Waals surface area contributed by atoms with Crippen LogP contribution in [-0.4, -0.2) is 67.9 Å². The highest BCUT2D eigenvalue weighted by atomic mass is 35.5. The van der Waals surface area contributed by atoms with Crippen molar-refractivity contribution < 1.29 is 9.53 Å². The van der Waals surface area contributed by atoms with Crippen LogP contribution in [0.25, 0.3) is 0 Å².